The summed E-state index contributed by atoms with van der Waals surface area (Å²) >= 11 is 0. The van der Waals surface area contributed by atoms with E-state index in [9.17, 15) is 5.11 Å². The molecule has 0 spiro atoms. The maximum absolute atomic E-state index is 11.4. The molecular formula is C29H48O. The highest BCUT2D eigenvalue weighted by molar-refractivity contribution is 5.37. The molecule has 2 fully saturated rings. The van der Waals surface area contributed by atoms with Crippen LogP contribution in [0.5, 0.6) is 0 Å². The lowest BCUT2D eigenvalue weighted by molar-refractivity contribution is -0.000383. The molecule has 1 heteroatoms. The van der Waals surface area contributed by atoms with Crippen molar-refractivity contribution in [2.75, 3.05) is 0 Å². The van der Waals surface area contributed by atoms with E-state index in [1.807, 2.05) is 0 Å². The van der Waals surface area contributed by atoms with Crippen LogP contribution in [0.3, 0.4) is 0 Å². The van der Waals surface area contributed by atoms with Gasteiger partial charge in [0.1, 0.15) is 0 Å². The summed E-state index contributed by atoms with van der Waals surface area (Å²) in [5.41, 5.74) is 5.44. The number of allylic oxidation sites excluding steroid dienone is 2. The molecule has 0 aromatic rings. The van der Waals surface area contributed by atoms with Crippen molar-refractivity contribution < 1.29 is 5.11 Å². The van der Waals surface area contributed by atoms with E-state index in [2.05, 4.69) is 48.1 Å². The molecule has 0 heterocycles. The van der Waals surface area contributed by atoms with E-state index in [1.165, 1.54) is 68.9 Å². The van der Waals surface area contributed by atoms with Gasteiger partial charge in [0.05, 0.1) is 6.10 Å². The molecule has 4 aliphatic carbocycles. The zero-order chi connectivity index (χ0) is 21.8. The van der Waals surface area contributed by atoms with Gasteiger partial charge in [-0.1, -0.05) is 72.1 Å². The van der Waals surface area contributed by atoms with Crippen LogP contribution < -0.4 is 0 Å². The standard InChI is InChI=1S/C29H48O/c1-18(2)19(3)10-11-21(5)22-12-13-23-27-24(14-16-29(22,23)7)28(6)15-8-9-20(4)25(28)17-26(27)30/h18,20-23,25-26,30H,3,8-17H2,1-2,4-7H3/t20-,21-,22-,23+,25?,26+,28-,29-/m1/s1. The van der Waals surface area contributed by atoms with Crippen molar-refractivity contribution in [2.24, 2.45) is 46.3 Å². The van der Waals surface area contributed by atoms with Crippen molar-refractivity contribution in [1.29, 1.82) is 0 Å². The Hall–Kier alpha value is -0.560. The fourth-order valence-electron chi connectivity index (χ4n) is 8.81. The van der Waals surface area contributed by atoms with Crippen LogP contribution >= 0.6 is 0 Å². The summed E-state index contributed by atoms with van der Waals surface area (Å²) in [6.45, 7) is 19.0. The zero-order valence-corrected chi connectivity index (χ0v) is 20.8. The summed E-state index contributed by atoms with van der Waals surface area (Å²) < 4.78 is 0. The van der Waals surface area contributed by atoms with Gasteiger partial charge in [-0.05, 0) is 103 Å². The lowest BCUT2D eigenvalue weighted by Crippen LogP contribution is -2.49. The fraction of sp³-hybridized carbons (Fsp3) is 0.862. The first-order valence-electron chi connectivity index (χ1n) is 13.2. The molecule has 1 unspecified atom stereocenters. The van der Waals surface area contributed by atoms with Gasteiger partial charge in [-0.3, -0.25) is 0 Å². The molecule has 0 aromatic heterocycles. The highest BCUT2D eigenvalue weighted by Gasteiger charge is 2.57. The monoisotopic (exact) mass is 412 g/mol. The Kier molecular flexibility index (Phi) is 6.10. The van der Waals surface area contributed by atoms with Crippen LogP contribution in [0.1, 0.15) is 106 Å². The zero-order valence-electron chi connectivity index (χ0n) is 20.8. The number of hydrogen-bond donors (Lipinski definition) is 1. The molecule has 170 valence electrons. The Labute approximate surface area is 186 Å². The Bertz CT molecular complexity index is 701. The smallest absolute Gasteiger partial charge is 0.0758 e. The van der Waals surface area contributed by atoms with Gasteiger partial charge in [0, 0.05) is 0 Å². The molecule has 0 radical (unpaired) electrons. The van der Waals surface area contributed by atoms with Crippen molar-refractivity contribution in [3.63, 3.8) is 0 Å². The molecule has 30 heavy (non-hydrogen) atoms. The summed E-state index contributed by atoms with van der Waals surface area (Å²) in [5, 5.41) is 11.4. The van der Waals surface area contributed by atoms with Crippen molar-refractivity contribution in [2.45, 2.75) is 112 Å². The summed E-state index contributed by atoms with van der Waals surface area (Å²) in [7, 11) is 0. The Morgan fingerprint density at radius 3 is 2.57 bits per heavy atom. The molecule has 0 saturated heterocycles. The first-order valence-corrected chi connectivity index (χ1v) is 13.2. The van der Waals surface area contributed by atoms with Crippen molar-refractivity contribution in [3.05, 3.63) is 23.3 Å². The Morgan fingerprint density at radius 2 is 1.87 bits per heavy atom. The van der Waals surface area contributed by atoms with E-state index in [-0.39, 0.29) is 6.10 Å². The molecular weight excluding hydrogens is 364 g/mol. The first-order chi connectivity index (χ1) is 14.1. The van der Waals surface area contributed by atoms with Crippen LogP contribution in [-0.4, -0.2) is 11.2 Å². The van der Waals surface area contributed by atoms with Crippen LogP contribution in [0.25, 0.3) is 0 Å². The quantitative estimate of drug-likeness (QED) is 0.454. The average molecular weight is 413 g/mol. The van der Waals surface area contributed by atoms with Crippen molar-refractivity contribution in [1.82, 2.24) is 0 Å². The van der Waals surface area contributed by atoms with Gasteiger partial charge in [0.25, 0.3) is 0 Å². The third kappa shape index (κ3) is 3.46. The predicted octanol–water partition coefficient (Wildman–Crippen LogP) is 7.94. The number of rotatable bonds is 5. The van der Waals surface area contributed by atoms with Gasteiger partial charge >= 0.3 is 0 Å². The Balaban J connectivity index is 1.58. The van der Waals surface area contributed by atoms with Crippen LogP contribution in [0.15, 0.2) is 23.3 Å². The van der Waals surface area contributed by atoms with E-state index in [4.69, 9.17) is 0 Å². The van der Waals surface area contributed by atoms with E-state index < -0.39 is 0 Å². The highest BCUT2D eigenvalue weighted by atomic mass is 16.3. The maximum atomic E-state index is 11.4. The van der Waals surface area contributed by atoms with Gasteiger partial charge in [-0.25, -0.2) is 0 Å². The van der Waals surface area contributed by atoms with Crippen molar-refractivity contribution >= 4 is 0 Å². The summed E-state index contributed by atoms with van der Waals surface area (Å²) in [4.78, 5) is 0. The lowest BCUT2D eigenvalue weighted by atomic mass is 9.48. The van der Waals surface area contributed by atoms with Crippen LogP contribution in [0.4, 0.5) is 0 Å². The Morgan fingerprint density at radius 1 is 1.13 bits per heavy atom. The maximum Gasteiger partial charge on any atom is 0.0758 e. The molecule has 4 aliphatic rings. The average Bonchev–Trinajstić information content (AvgIpc) is 3.04. The van der Waals surface area contributed by atoms with E-state index in [0.717, 1.165) is 24.2 Å². The fourth-order valence-corrected chi connectivity index (χ4v) is 8.81. The number of aliphatic hydroxyl groups is 1. The van der Waals surface area contributed by atoms with E-state index >= 15 is 0 Å². The SMILES string of the molecule is C=C(CC[C@@H](C)[C@H]1CC[C@H]2C3=C(CC[C@]12C)[C@@]1(C)CCC[C@@H](C)C1C[C@@H]3O)C(C)C. The molecule has 0 aromatic carbocycles. The van der Waals surface area contributed by atoms with Gasteiger partial charge in [-0.15, -0.1) is 0 Å². The van der Waals surface area contributed by atoms with Crippen LogP contribution in [-0.2, 0) is 0 Å². The number of aliphatic hydroxyl groups excluding tert-OH is 1. The van der Waals surface area contributed by atoms with Gasteiger partial charge in [-0.2, -0.15) is 0 Å². The minimum Gasteiger partial charge on any atom is -0.389 e. The van der Waals surface area contributed by atoms with E-state index in [1.54, 1.807) is 5.57 Å². The highest BCUT2D eigenvalue weighted by Crippen LogP contribution is 2.66. The van der Waals surface area contributed by atoms with Crippen LogP contribution in [0.2, 0.25) is 0 Å². The first kappa shape index (κ1) is 22.6. The minimum absolute atomic E-state index is 0.168. The van der Waals surface area contributed by atoms with Crippen molar-refractivity contribution in [3.8, 4) is 0 Å². The minimum atomic E-state index is -0.168. The molecule has 0 aliphatic heterocycles. The number of hydrogen-bond acceptors (Lipinski definition) is 1. The molecule has 0 bridgehead atoms. The molecule has 1 nitrogen and oxygen atoms in total. The topological polar surface area (TPSA) is 20.2 Å². The molecule has 1 N–H and O–H groups in total. The van der Waals surface area contributed by atoms with Gasteiger partial charge in [0.15, 0.2) is 0 Å². The van der Waals surface area contributed by atoms with E-state index in [0.29, 0.717) is 28.6 Å². The van der Waals surface area contributed by atoms with Gasteiger partial charge < -0.3 is 5.11 Å². The number of fused-ring (bicyclic) bond motifs is 4. The summed E-state index contributed by atoms with van der Waals surface area (Å²) in [5.74, 6) is 4.27. The molecule has 4 rings (SSSR count). The molecule has 8 atom stereocenters. The second-order valence-corrected chi connectivity index (χ2v) is 12.7. The lowest BCUT2D eigenvalue weighted by Gasteiger charge is -2.57. The molecule has 2 saturated carbocycles. The largest absolute Gasteiger partial charge is 0.389 e. The third-order valence-corrected chi connectivity index (χ3v) is 10.9. The summed E-state index contributed by atoms with van der Waals surface area (Å²) in [6, 6.07) is 0. The molecule has 0 amide bonds. The summed E-state index contributed by atoms with van der Waals surface area (Å²) in [6.07, 6.45) is 12.7. The second kappa shape index (κ2) is 8.09. The predicted molar refractivity (Wildman–Crippen MR) is 128 cm³/mol. The second-order valence-electron chi connectivity index (χ2n) is 12.7. The van der Waals surface area contributed by atoms with Crippen LogP contribution in [0, 0.1) is 46.3 Å². The third-order valence-electron chi connectivity index (χ3n) is 10.9. The van der Waals surface area contributed by atoms with Gasteiger partial charge in [0.2, 0.25) is 0 Å². The normalized spacial score (nSPS) is 44.5.